The lowest BCUT2D eigenvalue weighted by Crippen LogP contribution is -2.45. The Balaban J connectivity index is 1.27. The fourth-order valence-electron chi connectivity index (χ4n) is 5.29. The Hall–Kier alpha value is -2.73. The lowest BCUT2D eigenvalue weighted by molar-refractivity contribution is -0.137. The van der Waals surface area contributed by atoms with Crippen LogP contribution < -0.4 is 11.2 Å². The number of hydrogen-bond donors (Lipinski definition) is 0. The molecule has 6 nitrogen and oxygen atoms in total. The molecule has 0 unspecified atom stereocenters. The van der Waals surface area contributed by atoms with Crippen LogP contribution in [0.25, 0.3) is 0 Å². The summed E-state index contributed by atoms with van der Waals surface area (Å²) in [6, 6.07) is 13.8. The van der Waals surface area contributed by atoms with Crippen LogP contribution in [0.4, 0.5) is 13.2 Å². The zero-order valence-electron chi connectivity index (χ0n) is 19.2. The Morgan fingerprint density at radius 3 is 2.53 bits per heavy atom. The average Bonchev–Trinajstić information content (AvgIpc) is 3.43. The summed E-state index contributed by atoms with van der Waals surface area (Å²) in [4.78, 5) is 40.6. The predicted octanol–water partition coefficient (Wildman–Crippen LogP) is 3.99. The minimum atomic E-state index is -4.36. The SMILES string of the molecule is O=C(c1ccccc1)n1c(=O)c(I)cn(CCCN2C[C@H]3C[C@@]3(c3cccc(C(F)(F)F)c3)C2)c1=O. The maximum atomic E-state index is 13.2. The highest BCUT2D eigenvalue weighted by Gasteiger charge is 2.60. The molecule has 2 fully saturated rings. The van der Waals surface area contributed by atoms with E-state index < -0.39 is 28.9 Å². The summed E-state index contributed by atoms with van der Waals surface area (Å²) in [5, 5.41) is 0. The van der Waals surface area contributed by atoms with Crippen molar-refractivity contribution in [2.45, 2.75) is 31.0 Å². The van der Waals surface area contributed by atoms with E-state index in [1.54, 1.807) is 36.4 Å². The van der Waals surface area contributed by atoms with Crippen LogP contribution >= 0.6 is 22.6 Å². The monoisotopic (exact) mass is 609 g/mol. The standard InChI is InChI=1S/C26H23F3IN3O3/c27-26(28,29)19-9-4-8-18(12-19)25-13-20(25)14-31(16-25)10-5-11-32-15-21(30)23(35)33(24(32)36)22(34)17-6-2-1-3-7-17/h1-4,6-9,12,15,20H,5,10-11,13-14,16H2/t20-,25+/m1/s1. The zero-order chi connectivity index (χ0) is 25.7. The Labute approximate surface area is 218 Å². The number of carbonyl (C=O) groups excluding carboxylic acids is 1. The number of halogens is 4. The molecule has 2 atom stereocenters. The van der Waals surface area contributed by atoms with E-state index in [-0.39, 0.29) is 14.5 Å². The third-order valence-corrected chi connectivity index (χ3v) is 7.93. The predicted molar refractivity (Wildman–Crippen MR) is 136 cm³/mol. The third kappa shape index (κ3) is 4.56. The molecule has 1 aromatic heterocycles. The fraction of sp³-hybridized carbons (Fsp3) is 0.346. The summed E-state index contributed by atoms with van der Waals surface area (Å²) in [6.07, 6.45) is -1.42. The maximum absolute atomic E-state index is 13.2. The average molecular weight is 609 g/mol. The van der Waals surface area contributed by atoms with Gasteiger partial charge in [0.25, 0.3) is 11.5 Å². The molecule has 2 aliphatic rings. The normalized spacial score (nSPS) is 21.4. The number of piperidine rings is 1. The number of nitrogens with zero attached hydrogens (tertiary/aromatic N) is 3. The summed E-state index contributed by atoms with van der Waals surface area (Å²) in [5.74, 6) is -0.337. The van der Waals surface area contributed by atoms with Gasteiger partial charge >= 0.3 is 11.9 Å². The number of rotatable bonds is 6. The second-order valence-corrected chi connectivity index (χ2v) is 10.7. The van der Waals surface area contributed by atoms with Gasteiger partial charge in [-0.2, -0.15) is 17.7 Å². The molecule has 0 bridgehead atoms. The van der Waals surface area contributed by atoms with Crippen LogP contribution in [0.3, 0.4) is 0 Å². The van der Waals surface area contributed by atoms with Crippen LogP contribution in [-0.2, 0) is 18.1 Å². The molecule has 0 N–H and O–H groups in total. The first kappa shape index (κ1) is 24.9. The van der Waals surface area contributed by atoms with Crippen LogP contribution in [0.2, 0.25) is 0 Å². The van der Waals surface area contributed by atoms with Crippen molar-refractivity contribution in [2.75, 3.05) is 19.6 Å². The minimum Gasteiger partial charge on any atom is -0.302 e. The van der Waals surface area contributed by atoms with Gasteiger partial charge in [-0.25, -0.2) is 4.79 Å². The van der Waals surface area contributed by atoms with Crippen molar-refractivity contribution >= 4 is 28.5 Å². The van der Waals surface area contributed by atoms with Crippen molar-refractivity contribution in [1.29, 1.82) is 0 Å². The number of aryl methyl sites for hydroxylation is 1. The molecule has 188 valence electrons. The van der Waals surface area contributed by atoms with Crippen LogP contribution in [0, 0.1) is 9.49 Å². The first-order valence-electron chi connectivity index (χ1n) is 11.6. The number of aromatic nitrogens is 2. The van der Waals surface area contributed by atoms with Crippen LogP contribution in [-0.4, -0.2) is 39.6 Å². The first-order chi connectivity index (χ1) is 17.1. The van der Waals surface area contributed by atoms with Gasteiger partial charge in [0, 0.05) is 36.8 Å². The number of hydrogen-bond acceptors (Lipinski definition) is 4. The Morgan fingerprint density at radius 1 is 1.06 bits per heavy atom. The number of carbonyl (C=O) groups is 1. The number of benzene rings is 2. The third-order valence-electron chi connectivity index (χ3n) is 7.19. The van der Waals surface area contributed by atoms with E-state index in [0.717, 1.165) is 24.6 Å². The summed E-state index contributed by atoms with van der Waals surface area (Å²) < 4.78 is 41.8. The molecule has 1 saturated carbocycles. The molecule has 0 amide bonds. The highest BCUT2D eigenvalue weighted by molar-refractivity contribution is 14.1. The van der Waals surface area contributed by atoms with E-state index in [1.165, 1.54) is 22.9 Å². The molecule has 0 spiro atoms. The second kappa shape index (κ2) is 9.29. The molecule has 1 saturated heterocycles. The molecule has 3 aromatic rings. The Bertz CT molecular complexity index is 1430. The van der Waals surface area contributed by atoms with Gasteiger partial charge < -0.3 is 4.90 Å². The van der Waals surface area contributed by atoms with Gasteiger partial charge in [0.1, 0.15) is 0 Å². The first-order valence-corrected chi connectivity index (χ1v) is 12.7. The Kier molecular flexibility index (Phi) is 6.44. The van der Waals surface area contributed by atoms with E-state index in [9.17, 15) is 27.6 Å². The second-order valence-electron chi connectivity index (χ2n) is 9.49. The molecule has 1 aliphatic heterocycles. The van der Waals surface area contributed by atoms with Crippen molar-refractivity contribution in [1.82, 2.24) is 14.0 Å². The lowest BCUT2D eigenvalue weighted by atomic mass is 9.93. The van der Waals surface area contributed by atoms with Gasteiger partial charge in [0.05, 0.1) is 9.13 Å². The lowest BCUT2D eigenvalue weighted by Gasteiger charge is -2.22. The van der Waals surface area contributed by atoms with Crippen molar-refractivity contribution in [2.24, 2.45) is 5.92 Å². The topological polar surface area (TPSA) is 64.3 Å². The molecule has 1 aliphatic carbocycles. The van der Waals surface area contributed by atoms with Crippen LogP contribution in [0.5, 0.6) is 0 Å². The van der Waals surface area contributed by atoms with E-state index in [0.29, 0.717) is 36.5 Å². The fourth-order valence-corrected chi connectivity index (χ4v) is 5.87. The Morgan fingerprint density at radius 2 is 1.81 bits per heavy atom. The molecule has 5 rings (SSSR count). The van der Waals surface area contributed by atoms with Gasteiger partial charge in [-0.1, -0.05) is 36.4 Å². The minimum absolute atomic E-state index is 0.233. The largest absolute Gasteiger partial charge is 0.416 e. The molecular formula is C26H23F3IN3O3. The van der Waals surface area contributed by atoms with Crippen molar-refractivity contribution in [3.63, 3.8) is 0 Å². The summed E-state index contributed by atoms with van der Waals surface area (Å²) in [7, 11) is 0. The molecule has 0 radical (unpaired) electrons. The van der Waals surface area contributed by atoms with Gasteiger partial charge in [-0.15, -0.1) is 0 Å². The van der Waals surface area contributed by atoms with Crippen molar-refractivity contribution in [3.8, 4) is 0 Å². The van der Waals surface area contributed by atoms with Crippen LogP contribution in [0.15, 0.2) is 70.4 Å². The highest BCUT2D eigenvalue weighted by Crippen LogP contribution is 2.59. The van der Waals surface area contributed by atoms with Crippen molar-refractivity contribution in [3.05, 3.63) is 102 Å². The maximum Gasteiger partial charge on any atom is 0.416 e. The van der Waals surface area contributed by atoms with E-state index in [1.807, 2.05) is 22.6 Å². The van der Waals surface area contributed by atoms with Gasteiger partial charge in [-0.3, -0.25) is 14.2 Å². The zero-order valence-corrected chi connectivity index (χ0v) is 21.3. The summed E-state index contributed by atoms with van der Waals surface area (Å²) in [6.45, 7) is 2.45. The smallest absolute Gasteiger partial charge is 0.302 e. The summed E-state index contributed by atoms with van der Waals surface area (Å²) in [5.41, 5.74) is -1.19. The van der Waals surface area contributed by atoms with Crippen molar-refractivity contribution < 1.29 is 18.0 Å². The molecular weight excluding hydrogens is 586 g/mol. The molecule has 36 heavy (non-hydrogen) atoms. The number of likely N-dealkylation sites (tertiary alicyclic amines) is 1. The molecule has 10 heteroatoms. The van der Waals surface area contributed by atoms with Gasteiger partial charge in [0.2, 0.25) is 0 Å². The van der Waals surface area contributed by atoms with E-state index >= 15 is 0 Å². The van der Waals surface area contributed by atoms with Crippen LogP contribution in [0.1, 0.15) is 34.3 Å². The summed E-state index contributed by atoms with van der Waals surface area (Å²) >= 11 is 1.82. The van der Waals surface area contributed by atoms with Gasteiger partial charge in [0.15, 0.2) is 0 Å². The number of alkyl halides is 3. The molecule has 2 aromatic carbocycles. The highest BCUT2D eigenvalue weighted by atomic mass is 127. The van der Waals surface area contributed by atoms with Gasteiger partial charge in [-0.05, 0) is 71.7 Å². The quantitative estimate of drug-likeness (QED) is 0.397. The number of fused-ring (bicyclic) bond motifs is 1. The van der Waals surface area contributed by atoms with E-state index in [4.69, 9.17) is 0 Å². The molecule has 2 heterocycles. The van der Waals surface area contributed by atoms with E-state index in [2.05, 4.69) is 4.90 Å².